The van der Waals surface area contributed by atoms with Crippen LogP contribution in [0.15, 0.2) is 34.9 Å². The molecule has 7 heteroatoms. The van der Waals surface area contributed by atoms with E-state index in [0.717, 1.165) is 29.0 Å². The van der Waals surface area contributed by atoms with Crippen LogP contribution in [0, 0.1) is 13.8 Å². The average molecular weight is 374 g/mol. The maximum atomic E-state index is 12.8. The summed E-state index contributed by atoms with van der Waals surface area (Å²) in [5.74, 6) is 0.559. The molecule has 1 aliphatic carbocycles. The van der Waals surface area contributed by atoms with Crippen molar-refractivity contribution in [1.82, 2.24) is 10.1 Å². The molecule has 0 radical (unpaired) electrons. The van der Waals surface area contributed by atoms with Crippen LogP contribution in [0.2, 0.25) is 5.02 Å². The molecule has 25 heavy (non-hydrogen) atoms. The summed E-state index contributed by atoms with van der Waals surface area (Å²) in [4.78, 5) is 18.2. The molecule has 1 amide bonds. The second-order valence-corrected chi connectivity index (χ2v) is 7.92. The lowest BCUT2D eigenvalue weighted by Gasteiger charge is -2.10. The number of hydrogen-bond donors (Lipinski definition) is 1. The summed E-state index contributed by atoms with van der Waals surface area (Å²) in [6, 6.07) is 9.17. The minimum atomic E-state index is -0.609. The molecule has 5 nitrogen and oxygen atoms in total. The van der Waals surface area contributed by atoms with Crippen molar-refractivity contribution in [1.29, 1.82) is 0 Å². The van der Waals surface area contributed by atoms with Gasteiger partial charge in [-0.25, -0.2) is 4.98 Å². The van der Waals surface area contributed by atoms with Crippen LogP contribution in [0.25, 0.3) is 11.3 Å². The minimum absolute atomic E-state index is 0.0720. The van der Waals surface area contributed by atoms with Crippen molar-refractivity contribution < 1.29 is 9.32 Å². The average Bonchev–Trinajstić information content (AvgIpc) is 3.14. The van der Waals surface area contributed by atoms with Gasteiger partial charge in [-0.1, -0.05) is 16.8 Å². The summed E-state index contributed by atoms with van der Waals surface area (Å²) in [7, 11) is 0. The van der Waals surface area contributed by atoms with Crippen LogP contribution >= 0.6 is 22.9 Å². The highest BCUT2D eigenvalue weighted by Crippen LogP contribution is 2.49. The van der Waals surface area contributed by atoms with Crippen molar-refractivity contribution in [2.75, 3.05) is 5.32 Å². The lowest BCUT2D eigenvalue weighted by Crippen LogP contribution is -2.28. The number of rotatable bonds is 4. The van der Waals surface area contributed by atoms with Crippen molar-refractivity contribution in [3.63, 3.8) is 0 Å². The summed E-state index contributed by atoms with van der Waals surface area (Å²) in [5, 5.41) is 8.37. The Morgan fingerprint density at radius 1 is 1.28 bits per heavy atom. The van der Waals surface area contributed by atoms with E-state index in [2.05, 4.69) is 15.5 Å². The normalized spacial score (nSPS) is 15.2. The van der Waals surface area contributed by atoms with Crippen molar-refractivity contribution in [3.05, 3.63) is 51.6 Å². The molecule has 3 aromatic rings. The Morgan fingerprint density at radius 2 is 2.00 bits per heavy atom. The molecule has 1 fully saturated rings. The van der Waals surface area contributed by atoms with Gasteiger partial charge >= 0.3 is 0 Å². The number of amides is 1. The highest BCUT2D eigenvalue weighted by Gasteiger charge is 2.54. The van der Waals surface area contributed by atoms with Gasteiger partial charge in [0.1, 0.15) is 0 Å². The first-order valence-corrected chi connectivity index (χ1v) is 9.16. The highest BCUT2D eigenvalue weighted by atomic mass is 35.5. The van der Waals surface area contributed by atoms with Crippen LogP contribution in [0.3, 0.4) is 0 Å². The van der Waals surface area contributed by atoms with Gasteiger partial charge in [-0.15, -0.1) is 11.3 Å². The van der Waals surface area contributed by atoms with Crippen LogP contribution in [0.5, 0.6) is 0 Å². The van der Waals surface area contributed by atoms with Crippen LogP contribution in [-0.4, -0.2) is 16.0 Å². The number of nitrogens with zero attached hydrogens (tertiary/aromatic N) is 2. The second kappa shape index (κ2) is 5.97. The molecule has 1 aromatic carbocycles. The number of nitrogens with one attached hydrogen (secondary N) is 1. The zero-order valence-electron chi connectivity index (χ0n) is 13.8. The predicted octanol–water partition coefficient (Wildman–Crippen LogP) is 4.74. The molecule has 2 heterocycles. The first kappa shape index (κ1) is 16.3. The van der Waals surface area contributed by atoms with Crippen molar-refractivity contribution in [3.8, 4) is 11.3 Å². The summed E-state index contributed by atoms with van der Waals surface area (Å²) >= 11 is 7.40. The molecule has 0 atom stereocenters. The molecule has 0 saturated heterocycles. The van der Waals surface area contributed by atoms with Gasteiger partial charge < -0.3 is 9.84 Å². The standard InChI is InChI=1S/C18H16ClN3O2S/c1-10-11(2)25-17(20-10)21-16(23)18(7-8-18)15-9-14(24-22-15)12-3-5-13(19)6-4-12/h3-6,9H,7-8H2,1-2H3,(H,20,21,23). The Bertz CT molecular complexity index is 922. The van der Waals surface area contributed by atoms with Crippen LogP contribution < -0.4 is 5.32 Å². The zero-order chi connectivity index (χ0) is 17.6. The fourth-order valence-electron chi connectivity index (χ4n) is 2.72. The van der Waals surface area contributed by atoms with Crippen LogP contribution in [0.1, 0.15) is 29.1 Å². The smallest absolute Gasteiger partial charge is 0.238 e. The van der Waals surface area contributed by atoms with E-state index >= 15 is 0 Å². The van der Waals surface area contributed by atoms with Gasteiger partial charge in [-0.3, -0.25) is 4.79 Å². The highest BCUT2D eigenvalue weighted by molar-refractivity contribution is 7.15. The van der Waals surface area contributed by atoms with Crippen molar-refractivity contribution in [2.24, 2.45) is 0 Å². The number of thiazole rings is 1. The fourth-order valence-corrected chi connectivity index (χ4v) is 3.65. The summed E-state index contributed by atoms with van der Waals surface area (Å²) in [5.41, 5.74) is 1.88. The lowest BCUT2D eigenvalue weighted by atomic mass is 10.0. The minimum Gasteiger partial charge on any atom is -0.356 e. The van der Waals surface area contributed by atoms with Crippen LogP contribution in [-0.2, 0) is 10.2 Å². The molecule has 0 spiro atoms. The van der Waals surface area contributed by atoms with E-state index in [1.165, 1.54) is 11.3 Å². The molecule has 4 rings (SSSR count). The number of hydrogen-bond acceptors (Lipinski definition) is 5. The van der Waals surface area contributed by atoms with Gasteiger partial charge in [-0.05, 0) is 51.0 Å². The van der Waals surface area contributed by atoms with Gasteiger partial charge in [0.25, 0.3) is 0 Å². The maximum Gasteiger partial charge on any atom is 0.238 e. The number of benzene rings is 1. The third-order valence-corrected chi connectivity index (χ3v) is 5.80. The van der Waals surface area contributed by atoms with Gasteiger partial charge in [0.05, 0.1) is 16.8 Å². The number of halogens is 1. The van der Waals surface area contributed by atoms with E-state index in [1.807, 2.05) is 32.0 Å². The second-order valence-electron chi connectivity index (χ2n) is 6.28. The first-order chi connectivity index (χ1) is 12.0. The Hall–Kier alpha value is -2.18. The zero-order valence-corrected chi connectivity index (χ0v) is 15.4. The molecule has 1 N–H and O–H groups in total. The molecule has 1 aliphatic rings. The fraction of sp³-hybridized carbons (Fsp3) is 0.278. The number of aryl methyl sites for hydroxylation is 2. The monoisotopic (exact) mass is 373 g/mol. The van der Waals surface area contributed by atoms with E-state index < -0.39 is 5.41 Å². The molecule has 0 bridgehead atoms. The van der Waals surface area contributed by atoms with E-state index in [9.17, 15) is 4.79 Å². The number of aromatic nitrogens is 2. The Balaban J connectivity index is 1.56. The third kappa shape index (κ3) is 2.96. The van der Waals surface area contributed by atoms with E-state index in [0.29, 0.717) is 21.6 Å². The molecule has 128 valence electrons. The Morgan fingerprint density at radius 3 is 2.60 bits per heavy atom. The number of carbonyl (C=O) groups excluding carboxylic acids is 1. The lowest BCUT2D eigenvalue weighted by molar-refractivity contribution is -0.118. The quantitative estimate of drug-likeness (QED) is 0.717. The number of anilines is 1. The summed E-state index contributed by atoms with van der Waals surface area (Å²) < 4.78 is 5.45. The van der Waals surface area contributed by atoms with Gasteiger partial charge in [0.15, 0.2) is 10.9 Å². The van der Waals surface area contributed by atoms with Crippen molar-refractivity contribution in [2.45, 2.75) is 32.1 Å². The number of carbonyl (C=O) groups is 1. The van der Waals surface area contributed by atoms with E-state index in [1.54, 1.807) is 12.1 Å². The largest absolute Gasteiger partial charge is 0.356 e. The maximum absolute atomic E-state index is 12.8. The molecule has 2 aromatic heterocycles. The molecule has 0 unspecified atom stereocenters. The Labute approximate surface area is 154 Å². The molecular formula is C18H16ClN3O2S. The van der Waals surface area contributed by atoms with E-state index in [-0.39, 0.29) is 5.91 Å². The third-order valence-electron chi connectivity index (χ3n) is 4.56. The predicted molar refractivity (Wildman–Crippen MR) is 98.1 cm³/mol. The van der Waals surface area contributed by atoms with Gasteiger partial charge in [0.2, 0.25) is 5.91 Å². The van der Waals surface area contributed by atoms with Crippen molar-refractivity contribution >= 4 is 34.0 Å². The SMILES string of the molecule is Cc1nc(NC(=O)C2(c3cc(-c4ccc(Cl)cc4)on3)CC2)sc1C. The van der Waals surface area contributed by atoms with Gasteiger partial charge in [-0.2, -0.15) is 0 Å². The topological polar surface area (TPSA) is 68.0 Å². The van der Waals surface area contributed by atoms with Crippen LogP contribution in [0.4, 0.5) is 5.13 Å². The Kier molecular flexibility index (Phi) is 3.89. The summed E-state index contributed by atoms with van der Waals surface area (Å²) in [6.07, 6.45) is 1.52. The molecule has 1 saturated carbocycles. The molecule has 0 aliphatic heterocycles. The van der Waals surface area contributed by atoms with Gasteiger partial charge in [0, 0.05) is 21.5 Å². The molecular weight excluding hydrogens is 358 g/mol. The van der Waals surface area contributed by atoms with E-state index in [4.69, 9.17) is 16.1 Å². The first-order valence-electron chi connectivity index (χ1n) is 7.96. The summed E-state index contributed by atoms with van der Waals surface area (Å²) in [6.45, 7) is 3.93.